The first kappa shape index (κ1) is 37.4. The Kier molecular flexibility index (Phi) is 9.77. The third kappa shape index (κ3) is 6.93. The molecule has 1 aliphatic heterocycles. The molecule has 0 atom stereocenters. The first-order valence-electron chi connectivity index (χ1n) is 17.9. The van der Waals surface area contributed by atoms with Gasteiger partial charge in [-0.2, -0.15) is 12.1 Å². The fraction of sp³-hybridized carbons (Fsp3) is 0.304. The normalized spacial score (nSPS) is 14.1. The number of hydrogen-bond acceptors (Lipinski definition) is 4. The molecule has 0 unspecified atom stereocenters. The second kappa shape index (κ2) is 13.6. The largest absolute Gasteiger partial charge is 0.509 e. The van der Waals surface area contributed by atoms with Crippen molar-refractivity contribution in [3.8, 4) is 17.3 Å². The van der Waals surface area contributed by atoms with E-state index in [4.69, 9.17) is 9.72 Å². The van der Waals surface area contributed by atoms with Gasteiger partial charge in [0.15, 0.2) is 0 Å². The smallest absolute Gasteiger partial charge is 0.135 e. The molecule has 2 aromatic heterocycles. The van der Waals surface area contributed by atoms with Crippen LogP contribution >= 0.6 is 0 Å². The van der Waals surface area contributed by atoms with Gasteiger partial charge in [0.1, 0.15) is 5.82 Å². The minimum atomic E-state index is -0.0271. The predicted octanol–water partition coefficient (Wildman–Crippen LogP) is 12.2. The Morgan fingerprint density at radius 1 is 0.635 bits per heavy atom. The molecule has 0 bridgehead atoms. The number of para-hydroxylation sites is 1. The topological polar surface area (TPSA) is 33.5 Å². The number of benzene rings is 4. The summed E-state index contributed by atoms with van der Waals surface area (Å²) in [6, 6.07) is 37.0. The van der Waals surface area contributed by atoms with Gasteiger partial charge < -0.3 is 19.1 Å². The number of allylic oxidation sites excluding steroid dienone is 2. The van der Waals surface area contributed by atoms with Crippen LogP contribution in [0.5, 0.6) is 11.5 Å². The summed E-state index contributed by atoms with van der Waals surface area (Å²) in [5, 5.41) is 2.26. The Bertz CT molecular complexity index is 2310. The van der Waals surface area contributed by atoms with Crippen LogP contribution in [-0.4, -0.2) is 9.55 Å². The number of hydrogen-bond donors (Lipinski definition) is 0. The van der Waals surface area contributed by atoms with Gasteiger partial charge in [-0.15, -0.1) is 48.1 Å². The summed E-state index contributed by atoms with van der Waals surface area (Å²) in [6.07, 6.45) is 1.90. The van der Waals surface area contributed by atoms with Gasteiger partial charge in [-0.3, -0.25) is 0 Å². The van der Waals surface area contributed by atoms with Gasteiger partial charge in [-0.25, -0.2) is 4.98 Å². The van der Waals surface area contributed by atoms with Crippen molar-refractivity contribution in [3.63, 3.8) is 0 Å². The number of anilines is 2. The summed E-state index contributed by atoms with van der Waals surface area (Å²) in [7, 11) is 0. The van der Waals surface area contributed by atoms with E-state index in [-0.39, 0.29) is 37.3 Å². The molecule has 0 radical (unpaired) electrons. The van der Waals surface area contributed by atoms with Gasteiger partial charge in [-0.1, -0.05) is 98.2 Å². The summed E-state index contributed by atoms with van der Waals surface area (Å²) in [6.45, 7) is 26.9. The molecule has 0 saturated heterocycles. The molecule has 52 heavy (non-hydrogen) atoms. The molecule has 5 nitrogen and oxygen atoms in total. The zero-order valence-electron chi connectivity index (χ0n) is 32.3. The van der Waals surface area contributed by atoms with E-state index in [1.807, 2.05) is 24.4 Å². The molecule has 0 aliphatic carbocycles. The third-order valence-corrected chi connectivity index (χ3v) is 10.0. The first-order chi connectivity index (χ1) is 24.0. The van der Waals surface area contributed by atoms with E-state index < -0.39 is 0 Å². The minimum Gasteiger partial charge on any atom is -0.509 e. The van der Waals surface area contributed by atoms with Crippen molar-refractivity contribution in [2.45, 2.75) is 92.4 Å². The van der Waals surface area contributed by atoms with E-state index in [9.17, 15) is 0 Å². The standard InChI is InChI=1S/C46H49N4O.Pt/c1-30-31(2)49(41-22-19-32(44(3,4)5)25-39(41)46(9,10)11)29-48(30)34-15-14-16-35(27-34)51-36-20-21-38-37-17-12-13-18-40(37)50(42(38)28-36)43-26-33(23-24-47-43)45(6,7)8;/h12-26,29H,1-11H3;/q-3;. The molecule has 1 aliphatic rings. The Labute approximate surface area is 324 Å². The van der Waals surface area contributed by atoms with Crippen molar-refractivity contribution < 1.29 is 25.8 Å². The molecule has 0 saturated carbocycles. The van der Waals surface area contributed by atoms with Crippen molar-refractivity contribution >= 4 is 33.2 Å². The van der Waals surface area contributed by atoms with Gasteiger partial charge in [0.2, 0.25) is 0 Å². The van der Waals surface area contributed by atoms with Gasteiger partial charge >= 0.3 is 0 Å². The van der Waals surface area contributed by atoms with Crippen LogP contribution in [0.3, 0.4) is 0 Å². The molecule has 0 spiro atoms. The summed E-state index contributed by atoms with van der Waals surface area (Å²) in [4.78, 5) is 9.33. The van der Waals surface area contributed by atoms with Crippen LogP contribution < -0.4 is 14.5 Å². The molecule has 272 valence electrons. The van der Waals surface area contributed by atoms with Crippen LogP contribution in [0.4, 0.5) is 11.4 Å². The average molecular weight is 869 g/mol. The number of rotatable bonds is 5. The Balaban J connectivity index is 0.00000464. The van der Waals surface area contributed by atoms with Gasteiger partial charge in [0.25, 0.3) is 0 Å². The molecule has 0 fully saturated rings. The molecule has 6 heteroatoms. The third-order valence-electron chi connectivity index (χ3n) is 10.0. The van der Waals surface area contributed by atoms with E-state index in [0.717, 1.165) is 39.0 Å². The molecule has 3 heterocycles. The maximum atomic E-state index is 6.52. The monoisotopic (exact) mass is 868 g/mol. The van der Waals surface area contributed by atoms with E-state index >= 15 is 0 Å². The Hall–Kier alpha value is -4.34. The van der Waals surface area contributed by atoms with E-state index in [1.165, 1.54) is 28.1 Å². The van der Waals surface area contributed by atoms with Crippen molar-refractivity contribution in [1.82, 2.24) is 9.55 Å². The van der Waals surface area contributed by atoms with Crippen LogP contribution in [0.15, 0.2) is 103 Å². The summed E-state index contributed by atoms with van der Waals surface area (Å²) in [5.74, 6) is 2.11. The number of aromatic nitrogens is 2. The zero-order chi connectivity index (χ0) is 36.5. The predicted molar refractivity (Wildman–Crippen MR) is 213 cm³/mol. The van der Waals surface area contributed by atoms with Crippen molar-refractivity contribution in [3.05, 3.63) is 138 Å². The SMILES string of the molecule is CC1=C(C)N(c2ccc(C(C)(C)C)cc2C(C)(C)C)[CH-]N1c1[c-]c(Oc2[c-]c3c(cc2)c2ccccc2n3-c2cc(C(C)(C)C)ccn2)ccc1.[Pt]. The molecule has 4 aromatic carbocycles. The van der Waals surface area contributed by atoms with E-state index in [0.29, 0.717) is 11.5 Å². The molecule has 0 N–H and O–H groups in total. The summed E-state index contributed by atoms with van der Waals surface area (Å²) < 4.78 is 8.71. The Morgan fingerprint density at radius 3 is 2.02 bits per heavy atom. The number of pyridine rings is 1. The quantitative estimate of drug-likeness (QED) is 0.162. The van der Waals surface area contributed by atoms with Crippen LogP contribution in [-0.2, 0) is 37.3 Å². The van der Waals surface area contributed by atoms with Crippen LogP contribution in [0.2, 0.25) is 0 Å². The van der Waals surface area contributed by atoms with E-state index in [2.05, 4.69) is 176 Å². The second-order valence-electron chi connectivity index (χ2n) is 16.9. The van der Waals surface area contributed by atoms with E-state index in [1.54, 1.807) is 0 Å². The van der Waals surface area contributed by atoms with Gasteiger partial charge in [0.05, 0.1) is 0 Å². The number of nitrogens with zero attached hydrogens (tertiary/aromatic N) is 4. The van der Waals surface area contributed by atoms with Crippen molar-refractivity contribution in [2.24, 2.45) is 0 Å². The summed E-state index contributed by atoms with van der Waals surface area (Å²) >= 11 is 0. The van der Waals surface area contributed by atoms with Crippen molar-refractivity contribution in [2.75, 3.05) is 9.80 Å². The molecular formula is C46H49N4OPt-3. The maximum Gasteiger partial charge on any atom is 0.135 e. The van der Waals surface area contributed by atoms with Crippen LogP contribution in [0.25, 0.3) is 27.6 Å². The fourth-order valence-electron chi connectivity index (χ4n) is 6.87. The number of fused-ring (bicyclic) bond motifs is 3. The fourth-order valence-corrected chi connectivity index (χ4v) is 6.87. The minimum absolute atomic E-state index is 0. The Morgan fingerprint density at radius 2 is 1.31 bits per heavy atom. The second-order valence-corrected chi connectivity index (χ2v) is 16.9. The average Bonchev–Trinajstić information content (AvgIpc) is 3.56. The molecular weight excluding hydrogens is 820 g/mol. The van der Waals surface area contributed by atoms with Gasteiger partial charge in [0, 0.05) is 61.4 Å². The first-order valence-corrected chi connectivity index (χ1v) is 17.9. The van der Waals surface area contributed by atoms with Crippen molar-refractivity contribution in [1.29, 1.82) is 0 Å². The number of ether oxygens (including phenoxy) is 1. The maximum absolute atomic E-state index is 6.52. The van der Waals surface area contributed by atoms with Crippen LogP contribution in [0.1, 0.15) is 92.9 Å². The zero-order valence-corrected chi connectivity index (χ0v) is 34.5. The molecule has 7 rings (SSSR count). The summed E-state index contributed by atoms with van der Waals surface area (Å²) in [5.41, 5.74) is 10.4. The van der Waals surface area contributed by atoms with Crippen LogP contribution in [0, 0.1) is 18.8 Å². The molecule has 0 amide bonds. The van der Waals surface area contributed by atoms with Gasteiger partial charge in [-0.05, 0) is 76.4 Å². The molecule has 6 aromatic rings.